The number of ether oxygens (including phenoxy) is 3. The third-order valence-corrected chi connectivity index (χ3v) is 3.71. The van der Waals surface area contributed by atoms with Gasteiger partial charge in [0.15, 0.2) is 11.5 Å². The van der Waals surface area contributed by atoms with Gasteiger partial charge in [-0.25, -0.2) is 0 Å². The SMILES string of the molecule is COc1cc(-c2cc(=O)[nH]n2-c2ccccc2)cc(OC)c1OC.[Zn]. The maximum absolute atomic E-state index is 11.9. The molecule has 3 rings (SSSR count). The number of H-pyrrole nitrogens is 1. The summed E-state index contributed by atoms with van der Waals surface area (Å²) < 4.78 is 17.8. The van der Waals surface area contributed by atoms with Crippen molar-refractivity contribution in [3.05, 3.63) is 58.9 Å². The molecule has 0 amide bonds. The zero-order chi connectivity index (χ0) is 17.1. The minimum Gasteiger partial charge on any atom is -0.493 e. The van der Waals surface area contributed by atoms with E-state index in [-0.39, 0.29) is 25.0 Å². The van der Waals surface area contributed by atoms with Crippen molar-refractivity contribution in [3.63, 3.8) is 0 Å². The third-order valence-electron chi connectivity index (χ3n) is 3.71. The van der Waals surface area contributed by atoms with Gasteiger partial charge in [0.25, 0.3) is 5.56 Å². The van der Waals surface area contributed by atoms with Crippen molar-refractivity contribution in [1.82, 2.24) is 9.78 Å². The maximum atomic E-state index is 11.9. The van der Waals surface area contributed by atoms with Gasteiger partial charge in [0.2, 0.25) is 5.75 Å². The van der Waals surface area contributed by atoms with E-state index in [1.165, 1.54) is 6.07 Å². The molecular weight excluding hydrogens is 374 g/mol. The molecule has 0 saturated heterocycles. The van der Waals surface area contributed by atoms with E-state index in [0.717, 1.165) is 11.3 Å². The van der Waals surface area contributed by atoms with Crippen molar-refractivity contribution in [2.75, 3.05) is 21.3 Å². The normalized spacial score (nSPS) is 10.0. The van der Waals surface area contributed by atoms with Crippen LogP contribution in [-0.4, -0.2) is 31.1 Å². The molecule has 1 N–H and O–H groups in total. The second kappa shape index (κ2) is 8.03. The zero-order valence-electron chi connectivity index (χ0n) is 14.4. The van der Waals surface area contributed by atoms with E-state index < -0.39 is 0 Å². The topological polar surface area (TPSA) is 65.5 Å². The first-order valence-corrected chi connectivity index (χ1v) is 7.35. The molecule has 6 nitrogen and oxygen atoms in total. The van der Waals surface area contributed by atoms with Gasteiger partial charge in [-0.15, -0.1) is 0 Å². The average molecular weight is 392 g/mol. The number of aromatic nitrogens is 2. The summed E-state index contributed by atoms with van der Waals surface area (Å²) >= 11 is 0. The van der Waals surface area contributed by atoms with Crippen LogP contribution in [0, 0.1) is 0 Å². The van der Waals surface area contributed by atoms with Crippen LogP contribution in [0.25, 0.3) is 16.9 Å². The Balaban J connectivity index is 0.00000225. The number of benzene rings is 2. The molecule has 1 heterocycles. The molecule has 0 unspecified atom stereocenters. The van der Waals surface area contributed by atoms with Gasteiger partial charge in [-0.3, -0.25) is 14.6 Å². The molecule has 3 aromatic rings. The van der Waals surface area contributed by atoms with E-state index in [9.17, 15) is 4.79 Å². The first-order valence-electron chi connectivity index (χ1n) is 7.35. The van der Waals surface area contributed by atoms with Crippen LogP contribution >= 0.6 is 0 Å². The van der Waals surface area contributed by atoms with Gasteiger partial charge in [-0.05, 0) is 24.3 Å². The number of nitrogens with one attached hydrogen (secondary N) is 1. The molecule has 1 aromatic heterocycles. The van der Waals surface area contributed by atoms with E-state index in [2.05, 4.69) is 5.10 Å². The van der Waals surface area contributed by atoms with Gasteiger partial charge < -0.3 is 14.2 Å². The van der Waals surface area contributed by atoms with Crippen LogP contribution in [0.2, 0.25) is 0 Å². The summed E-state index contributed by atoms with van der Waals surface area (Å²) in [6.07, 6.45) is 0. The summed E-state index contributed by atoms with van der Waals surface area (Å²) in [6.45, 7) is 0. The minimum atomic E-state index is -0.192. The molecule has 0 bridgehead atoms. The van der Waals surface area contributed by atoms with Crippen LogP contribution < -0.4 is 19.8 Å². The molecule has 2 aromatic carbocycles. The Hall–Kier alpha value is -2.53. The van der Waals surface area contributed by atoms with Crippen molar-refractivity contribution >= 4 is 0 Å². The van der Waals surface area contributed by atoms with E-state index in [4.69, 9.17) is 14.2 Å². The van der Waals surface area contributed by atoms with E-state index in [0.29, 0.717) is 22.9 Å². The number of rotatable bonds is 5. The van der Waals surface area contributed by atoms with Gasteiger partial charge in [-0.1, -0.05) is 18.2 Å². The van der Waals surface area contributed by atoms with E-state index in [1.807, 2.05) is 42.5 Å². The van der Waals surface area contributed by atoms with Crippen molar-refractivity contribution in [2.24, 2.45) is 0 Å². The summed E-state index contributed by atoms with van der Waals surface area (Å²) in [7, 11) is 4.67. The van der Waals surface area contributed by atoms with Gasteiger partial charge in [0.05, 0.1) is 32.7 Å². The van der Waals surface area contributed by atoms with Crippen molar-refractivity contribution in [3.8, 4) is 34.2 Å². The third kappa shape index (κ3) is 3.61. The zero-order valence-corrected chi connectivity index (χ0v) is 17.4. The minimum absolute atomic E-state index is 0. The number of aromatic amines is 1. The Morgan fingerprint density at radius 3 is 2.00 bits per heavy atom. The Morgan fingerprint density at radius 1 is 0.880 bits per heavy atom. The van der Waals surface area contributed by atoms with Crippen LogP contribution in [0.3, 0.4) is 0 Å². The fourth-order valence-electron chi connectivity index (χ4n) is 2.61. The smallest absolute Gasteiger partial charge is 0.265 e. The number of nitrogens with zero attached hydrogens (tertiary/aromatic N) is 1. The molecule has 0 fully saturated rings. The van der Waals surface area contributed by atoms with Gasteiger partial charge in [0.1, 0.15) is 0 Å². The molecule has 126 valence electrons. The van der Waals surface area contributed by atoms with Gasteiger partial charge in [0, 0.05) is 31.1 Å². The number of methoxy groups -OCH3 is 3. The monoisotopic (exact) mass is 390 g/mol. The molecular formula is C18H18N2O4Zn. The average Bonchev–Trinajstić information content (AvgIpc) is 3.03. The second-order valence-electron chi connectivity index (χ2n) is 5.09. The standard InChI is InChI=1S/C18H18N2O4.Zn/c1-22-15-9-12(10-16(23-2)18(15)24-3)14-11-17(21)19-20(14)13-7-5-4-6-8-13;/h4-11H,1-3H3,(H,19,21);. The summed E-state index contributed by atoms with van der Waals surface area (Å²) in [5, 5.41) is 2.81. The van der Waals surface area contributed by atoms with Crippen LogP contribution in [-0.2, 0) is 19.5 Å². The Bertz CT molecular complexity index is 878. The predicted octanol–water partition coefficient (Wildman–Crippen LogP) is 2.86. The molecule has 0 aliphatic rings. The molecule has 0 aliphatic carbocycles. The first-order chi connectivity index (χ1) is 11.7. The molecule has 0 spiro atoms. The largest absolute Gasteiger partial charge is 0.493 e. The first kappa shape index (κ1) is 18.8. The van der Waals surface area contributed by atoms with Gasteiger partial charge in [-0.2, -0.15) is 0 Å². The Morgan fingerprint density at radius 2 is 1.48 bits per heavy atom. The van der Waals surface area contributed by atoms with Gasteiger partial charge >= 0.3 is 0 Å². The summed E-state index contributed by atoms with van der Waals surface area (Å²) in [5.74, 6) is 1.56. The molecule has 0 radical (unpaired) electrons. The van der Waals surface area contributed by atoms with Crippen molar-refractivity contribution in [2.45, 2.75) is 0 Å². The van der Waals surface area contributed by atoms with Crippen LogP contribution in [0.5, 0.6) is 17.2 Å². The molecule has 0 saturated carbocycles. The number of para-hydroxylation sites is 1. The number of hydrogen-bond acceptors (Lipinski definition) is 4. The predicted molar refractivity (Wildman–Crippen MR) is 91.5 cm³/mol. The van der Waals surface area contributed by atoms with E-state index in [1.54, 1.807) is 26.0 Å². The fraction of sp³-hybridized carbons (Fsp3) is 0.167. The summed E-state index contributed by atoms with van der Waals surface area (Å²) in [6, 6.07) is 14.7. The van der Waals surface area contributed by atoms with Crippen LogP contribution in [0.15, 0.2) is 53.3 Å². The molecule has 0 aliphatic heterocycles. The molecule has 7 heteroatoms. The van der Waals surface area contributed by atoms with Crippen molar-refractivity contribution < 1.29 is 33.7 Å². The molecule has 25 heavy (non-hydrogen) atoms. The summed E-state index contributed by atoms with van der Waals surface area (Å²) in [4.78, 5) is 11.9. The Labute approximate surface area is 158 Å². The second-order valence-corrected chi connectivity index (χ2v) is 5.09. The summed E-state index contributed by atoms with van der Waals surface area (Å²) in [5.41, 5.74) is 2.13. The maximum Gasteiger partial charge on any atom is 0.265 e. The fourth-order valence-corrected chi connectivity index (χ4v) is 2.61. The van der Waals surface area contributed by atoms with Crippen molar-refractivity contribution in [1.29, 1.82) is 0 Å². The Kier molecular flexibility index (Phi) is 6.04. The molecule has 0 atom stereocenters. The van der Waals surface area contributed by atoms with E-state index >= 15 is 0 Å². The van der Waals surface area contributed by atoms with Crippen LogP contribution in [0.4, 0.5) is 0 Å². The van der Waals surface area contributed by atoms with Crippen LogP contribution in [0.1, 0.15) is 0 Å². The number of hydrogen-bond donors (Lipinski definition) is 1. The quantitative estimate of drug-likeness (QED) is 0.679.